The molecule has 7 nitrogen and oxygen atoms in total. The first-order valence-corrected chi connectivity index (χ1v) is 11.9. The van der Waals surface area contributed by atoms with Gasteiger partial charge in [0.25, 0.3) is 0 Å². The molecular formula is C24H39N5O2. The topological polar surface area (TPSA) is 78.0 Å². The van der Waals surface area contributed by atoms with Gasteiger partial charge in [-0.1, -0.05) is 18.6 Å². The number of amides is 1. The first kappa shape index (κ1) is 23.4. The fourth-order valence-corrected chi connectivity index (χ4v) is 3.99. The molecule has 1 saturated carbocycles. The van der Waals surface area contributed by atoms with Crippen LogP contribution in [0.2, 0.25) is 0 Å². The van der Waals surface area contributed by atoms with E-state index in [1.165, 1.54) is 24.8 Å². The van der Waals surface area contributed by atoms with Gasteiger partial charge in [-0.05, 0) is 69.8 Å². The largest absolute Gasteiger partial charge is 0.497 e. The second-order valence-corrected chi connectivity index (χ2v) is 8.48. The van der Waals surface area contributed by atoms with Crippen molar-refractivity contribution in [1.82, 2.24) is 20.9 Å². The van der Waals surface area contributed by atoms with Crippen molar-refractivity contribution in [3.05, 3.63) is 29.8 Å². The fourth-order valence-electron chi connectivity index (χ4n) is 3.99. The van der Waals surface area contributed by atoms with E-state index in [0.29, 0.717) is 19.0 Å². The Morgan fingerprint density at radius 1 is 1.16 bits per heavy atom. The van der Waals surface area contributed by atoms with Gasteiger partial charge in [0.1, 0.15) is 5.75 Å². The Morgan fingerprint density at radius 3 is 2.55 bits per heavy atom. The van der Waals surface area contributed by atoms with Gasteiger partial charge in [0, 0.05) is 25.6 Å². The molecule has 3 rings (SSSR count). The van der Waals surface area contributed by atoms with Crippen LogP contribution in [0.5, 0.6) is 5.75 Å². The van der Waals surface area contributed by atoms with Gasteiger partial charge in [0.2, 0.25) is 5.91 Å². The molecule has 1 saturated heterocycles. The Morgan fingerprint density at radius 2 is 1.90 bits per heavy atom. The Bertz CT molecular complexity index is 696. The zero-order valence-corrected chi connectivity index (χ0v) is 19.2. The number of hydrogen-bond donors (Lipinski definition) is 3. The minimum Gasteiger partial charge on any atom is -0.497 e. The highest BCUT2D eigenvalue weighted by Gasteiger charge is 2.23. The van der Waals surface area contributed by atoms with Gasteiger partial charge in [-0.25, -0.2) is 0 Å². The molecule has 1 heterocycles. The van der Waals surface area contributed by atoms with Crippen molar-refractivity contribution in [3.8, 4) is 5.75 Å². The molecule has 1 aliphatic heterocycles. The number of guanidine groups is 1. The predicted molar refractivity (Wildman–Crippen MR) is 126 cm³/mol. The molecule has 0 bridgehead atoms. The summed E-state index contributed by atoms with van der Waals surface area (Å²) in [4.78, 5) is 19.3. The van der Waals surface area contributed by atoms with Crippen molar-refractivity contribution in [2.75, 3.05) is 39.8 Å². The van der Waals surface area contributed by atoms with Crippen LogP contribution >= 0.6 is 0 Å². The highest BCUT2D eigenvalue weighted by molar-refractivity contribution is 5.80. The van der Waals surface area contributed by atoms with E-state index in [1.807, 2.05) is 12.1 Å². The lowest BCUT2D eigenvalue weighted by Crippen LogP contribution is -2.40. The van der Waals surface area contributed by atoms with Gasteiger partial charge in [-0.2, -0.15) is 0 Å². The Hall–Kier alpha value is -2.28. The Labute approximate surface area is 187 Å². The van der Waals surface area contributed by atoms with Gasteiger partial charge in [0.15, 0.2) is 5.96 Å². The maximum atomic E-state index is 11.9. The Balaban J connectivity index is 1.56. The SMILES string of the molecule is CCNC(=NCC(c1ccc(OC)cc1)N1CCCCC1)NCCCC(=O)NC1CC1. The van der Waals surface area contributed by atoms with Crippen molar-refractivity contribution >= 4 is 11.9 Å². The van der Waals surface area contributed by atoms with Crippen molar-refractivity contribution in [1.29, 1.82) is 0 Å². The van der Waals surface area contributed by atoms with Gasteiger partial charge in [-0.15, -0.1) is 0 Å². The number of nitrogens with zero attached hydrogens (tertiary/aromatic N) is 2. The second-order valence-electron chi connectivity index (χ2n) is 8.48. The molecule has 1 aliphatic carbocycles. The number of ether oxygens (including phenoxy) is 1. The maximum Gasteiger partial charge on any atom is 0.220 e. The van der Waals surface area contributed by atoms with E-state index in [2.05, 4.69) is 39.9 Å². The highest BCUT2D eigenvalue weighted by atomic mass is 16.5. The molecule has 2 aliphatic rings. The molecular weight excluding hydrogens is 390 g/mol. The number of carbonyl (C=O) groups excluding carboxylic acids is 1. The van der Waals surface area contributed by atoms with Crippen LogP contribution in [-0.2, 0) is 4.79 Å². The third kappa shape index (κ3) is 8.05. The van der Waals surface area contributed by atoms with E-state index >= 15 is 0 Å². The number of aliphatic imine (C=N–C) groups is 1. The van der Waals surface area contributed by atoms with Crippen LogP contribution in [0, 0.1) is 0 Å². The van der Waals surface area contributed by atoms with Crippen LogP contribution < -0.4 is 20.7 Å². The first-order chi connectivity index (χ1) is 15.2. The molecule has 2 fully saturated rings. The van der Waals surface area contributed by atoms with Crippen LogP contribution in [0.25, 0.3) is 0 Å². The van der Waals surface area contributed by atoms with Gasteiger partial charge in [-0.3, -0.25) is 14.7 Å². The van der Waals surface area contributed by atoms with E-state index in [-0.39, 0.29) is 11.9 Å². The number of piperidine rings is 1. The predicted octanol–water partition coefficient (Wildman–Crippen LogP) is 2.84. The molecule has 3 N–H and O–H groups in total. The number of rotatable bonds is 11. The standard InChI is InChI=1S/C24H39N5O2/c1-3-25-24(26-15-7-8-23(30)28-20-11-12-20)27-18-22(29-16-5-4-6-17-29)19-9-13-21(31-2)14-10-19/h9-10,13-14,20,22H,3-8,11-12,15-18H2,1-2H3,(H,28,30)(H2,25,26,27). The summed E-state index contributed by atoms with van der Waals surface area (Å²) in [6.07, 6.45) is 7.44. The lowest BCUT2D eigenvalue weighted by atomic mass is 10.0. The van der Waals surface area contributed by atoms with Crippen LogP contribution in [0.4, 0.5) is 0 Å². The van der Waals surface area contributed by atoms with Crippen molar-refractivity contribution in [3.63, 3.8) is 0 Å². The van der Waals surface area contributed by atoms with Crippen LogP contribution in [0.1, 0.15) is 63.5 Å². The Kier molecular flexibility index (Phi) is 9.46. The average Bonchev–Trinajstić information content (AvgIpc) is 3.61. The fraction of sp³-hybridized carbons (Fsp3) is 0.667. The van der Waals surface area contributed by atoms with Crippen LogP contribution in [-0.4, -0.2) is 62.6 Å². The average molecular weight is 430 g/mol. The quantitative estimate of drug-likeness (QED) is 0.286. The highest BCUT2D eigenvalue weighted by Crippen LogP contribution is 2.26. The van der Waals surface area contributed by atoms with Crippen molar-refractivity contribution < 1.29 is 9.53 Å². The number of likely N-dealkylation sites (tertiary alicyclic amines) is 1. The summed E-state index contributed by atoms with van der Waals surface area (Å²) in [5, 5.41) is 9.78. The minimum atomic E-state index is 0.163. The molecule has 7 heteroatoms. The molecule has 31 heavy (non-hydrogen) atoms. The summed E-state index contributed by atoms with van der Waals surface area (Å²) in [6.45, 7) is 6.56. The monoisotopic (exact) mass is 429 g/mol. The molecule has 0 spiro atoms. The molecule has 0 radical (unpaired) electrons. The lowest BCUT2D eigenvalue weighted by Gasteiger charge is -2.34. The van der Waals surface area contributed by atoms with Crippen LogP contribution in [0.3, 0.4) is 0 Å². The summed E-state index contributed by atoms with van der Waals surface area (Å²) < 4.78 is 5.33. The normalized spacial score (nSPS) is 18.3. The maximum absolute atomic E-state index is 11.9. The summed E-state index contributed by atoms with van der Waals surface area (Å²) in [5.74, 6) is 1.86. The first-order valence-electron chi connectivity index (χ1n) is 11.9. The van der Waals surface area contributed by atoms with Crippen molar-refractivity contribution in [2.45, 2.75) is 64.0 Å². The van der Waals surface area contributed by atoms with E-state index in [4.69, 9.17) is 9.73 Å². The number of methoxy groups -OCH3 is 1. The third-order valence-electron chi connectivity index (χ3n) is 5.91. The zero-order valence-electron chi connectivity index (χ0n) is 19.2. The molecule has 1 atom stereocenters. The van der Waals surface area contributed by atoms with Crippen molar-refractivity contribution in [2.24, 2.45) is 4.99 Å². The number of carbonyl (C=O) groups is 1. The van der Waals surface area contributed by atoms with Crippen LogP contribution in [0.15, 0.2) is 29.3 Å². The summed E-state index contributed by atoms with van der Waals surface area (Å²) in [7, 11) is 1.70. The third-order valence-corrected chi connectivity index (χ3v) is 5.91. The molecule has 1 amide bonds. The van der Waals surface area contributed by atoms with Gasteiger partial charge >= 0.3 is 0 Å². The number of hydrogen-bond acceptors (Lipinski definition) is 4. The molecule has 1 aromatic carbocycles. The molecule has 1 aromatic rings. The summed E-state index contributed by atoms with van der Waals surface area (Å²) in [6, 6.07) is 9.08. The van der Waals surface area contributed by atoms with Gasteiger partial charge in [0.05, 0.1) is 19.7 Å². The van der Waals surface area contributed by atoms with E-state index in [1.54, 1.807) is 7.11 Å². The van der Waals surface area contributed by atoms with Gasteiger partial charge < -0.3 is 20.7 Å². The molecule has 1 unspecified atom stereocenters. The number of benzene rings is 1. The minimum absolute atomic E-state index is 0.163. The smallest absolute Gasteiger partial charge is 0.220 e. The zero-order chi connectivity index (χ0) is 21.9. The molecule has 0 aromatic heterocycles. The lowest BCUT2D eigenvalue weighted by molar-refractivity contribution is -0.121. The van der Waals surface area contributed by atoms with E-state index < -0.39 is 0 Å². The summed E-state index contributed by atoms with van der Waals surface area (Å²) in [5.41, 5.74) is 1.28. The summed E-state index contributed by atoms with van der Waals surface area (Å²) >= 11 is 0. The second kappa shape index (κ2) is 12.5. The molecule has 172 valence electrons. The number of nitrogens with one attached hydrogen (secondary N) is 3. The van der Waals surface area contributed by atoms with E-state index in [9.17, 15) is 4.79 Å². The van der Waals surface area contributed by atoms with E-state index in [0.717, 1.165) is 57.2 Å².